The average Bonchev–Trinajstić information content (AvgIpc) is 3.26. The molecule has 7 heteroatoms. The number of nitrogens with one attached hydrogen (secondary N) is 1. The lowest BCUT2D eigenvalue weighted by atomic mass is 10.1. The van der Waals surface area contributed by atoms with Gasteiger partial charge in [0, 0.05) is 20.1 Å². The highest BCUT2D eigenvalue weighted by Gasteiger charge is 2.29. The van der Waals surface area contributed by atoms with Gasteiger partial charge in [0.15, 0.2) is 0 Å². The van der Waals surface area contributed by atoms with Crippen LogP contribution < -0.4 is 5.32 Å². The van der Waals surface area contributed by atoms with Gasteiger partial charge in [0.1, 0.15) is 11.6 Å². The van der Waals surface area contributed by atoms with E-state index in [2.05, 4.69) is 29.1 Å². The van der Waals surface area contributed by atoms with Crippen molar-refractivity contribution in [2.24, 2.45) is 7.05 Å². The summed E-state index contributed by atoms with van der Waals surface area (Å²) in [5, 5.41) is 10.9. The first-order valence-electron chi connectivity index (χ1n) is 8.48. The SMILES string of the molecule is C=CCC.Cn1nnc2cc(CNC(=O)[C@@H]3CCCN3C=O)ccc21. The summed E-state index contributed by atoms with van der Waals surface area (Å²) in [6, 6.07) is 5.46. The summed E-state index contributed by atoms with van der Waals surface area (Å²) in [5.41, 5.74) is 2.72. The lowest BCUT2D eigenvalue weighted by Gasteiger charge is -2.19. The fourth-order valence-electron chi connectivity index (χ4n) is 2.70. The minimum atomic E-state index is -0.331. The Hall–Kier alpha value is -2.70. The van der Waals surface area contributed by atoms with Crippen LogP contribution in [0.25, 0.3) is 11.0 Å². The molecule has 1 aliphatic heterocycles. The Morgan fingerprint density at radius 1 is 1.48 bits per heavy atom. The number of aromatic nitrogens is 3. The Kier molecular flexibility index (Phi) is 6.68. The van der Waals surface area contributed by atoms with E-state index in [1.54, 1.807) is 9.58 Å². The Balaban J connectivity index is 0.000000511. The van der Waals surface area contributed by atoms with Gasteiger partial charge in [-0.05, 0) is 37.0 Å². The second-order valence-electron chi connectivity index (χ2n) is 5.95. The van der Waals surface area contributed by atoms with Crippen molar-refractivity contribution in [3.8, 4) is 0 Å². The van der Waals surface area contributed by atoms with Crippen molar-refractivity contribution >= 4 is 23.4 Å². The van der Waals surface area contributed by atoms with Crippen molar-refractivity contribution in [1.29, 1.82) is 0 Å². The number of allylic oxidation sites excluding steroid dienone is 1. The van der Waals surface area contributed by atoms with Crippen molar-refractivity contribution < 1.29 is 9.59 Å². The molecule has 7 nitrogen and oxygen atoms in total. The van der Waals surface area contributed by atoms with Crippen LogP contribution in [0.2, 0.25) is 0 Å². The summed E-state index contributed by atoms with van der Waals surface area (Å²) < 4.78 is 1.71. The molecular formula is C18H25N5O2. The van der Waals surface area contributed by atoms with Gasteiger partial charge < -0.3 is 10.2 Å². The zero-order valence-electron chi connectivity index (χ0n) is 14.8. The van der Waals surface area contributed by atoms with Crippen LogP contribution in [0.4, 0.5) is 0 Å². The second-order valence-corrected chi connectivity index (χ2v) is 5.95. The average molecular weight is 343 g/mol. The lowest BCUT2D eigenvalue weighted by Crippen LogP contribution is -2.42. The van der Waals surface area contributed by atoms with Gasteiger partial charge in [0.2, 0.25) is 12.3 Å². The number of carbonyl (C=O) groups excluding carboxylic acids is 2. The summed E-state index contributed by atoms with van der Waals surface area (Å²) >= 11 is 0. The minimum Gasteiger partial charge on any atom is -0.350 e. The van der Waals surface area contributed by atoms with Gasteiger partial charge >= 0.3 is 0 Å². The van der Waals surface area contributed by atoms with Crippen LogP contribution in [0.15, 0.2) is 30.9 Å². The number of fused-ring (bicyclic) bond motifs is 1. The van der Waals surface area contributed by atoms with E-state index < -0.39 is 0 Å². The molecular weight excluding hydrogens is 318 g/mol. The second kappa shape index (κ2) is 8.96. The molecule has 2 amide bonds. The smallest absolute Gasteiger partial charge is 0.243 e. The Bertz CT molecular complexity index is 740. The maximum Gasteiger partial charge on any atom is 0.243 e. The molecule has 0 aliphatic carbocycles. The molecule has 1 aromatic heterocycles. The van der Waals surface area contributed by atoms with Gasteiger partial charge in [-0.25, -0.2) is 4.68 Å². The zero-order chi connectivity index (χ0) is 18.2. The van der Waals surface area contributed by atoms with E-state index in [-0.39, 0.29) is 11.9 Å². The van der Waals surface area contributed by atoms with Crippen LogP contribution in [-0.2, 0) is 23.2 Å². The number of carbonyl (C=O) groups is 2. The van der Waals surface area contributed by atoms with E-state index in [0.717, 1.165) is 42.3 Å². The zero-order valence-corrected chi connectivity index (χ0v) is 14.8. The van der Waals surface area contributed by atoms with E-state index in [9.17, 15) is 9.59 Å². The first-order valence-corrected chi connectivity index (χ1v) is 8.48. The number of aryl methyl sites for hydroxylation is 1. The Labute approximate surface area is 147 Å². The molecule has 0 spiro atoms. The third-order valence-corrected chi connectivity index (χ3v) is 4.16. The van der Waals surface area contributed by atoms with Crippen molar-refractivity contribution in [2.45, 2.75) is 38.8 Å². The fourth-order valence-corrected chi connectivity index (χ4v) is 2.70. The number of hydrogen-bond acceptors (Lipinski definition) is 4. The van der Waals surface area contributed by atoms with Gasteiger partial charge in [0.05, 0.1) is 5.52 Å². The highest BCUT2D eigenvalue weighted by atomic mass is 16.2. The first kappa shape index (κ1) is 18.6. The molecule has 1 aromatic carbocycles. The number of benzene rings is 1. The number of nitrogens with zero attached hydrogens (tertiary/aromatic N) is 4. The molecule has 2 heterocycles. The molecule has 134 valence electrons. The fraction of sp³-hybridized carbons (Fsp3) is 0.444. The molecule has 1 saturated heterocycles. The summed E-state index contributed by atoms with van der Waals surface area (Å²) in [4.78, 5) is 24.5. The van der Waals surface area contributed by atoms with Gasteiger partial charge in [-0.2, -0.15) is 0 Å². The number of rotatable bonds is 5. The van der Waals surface area contributed by atoms with E-state index in [4.69, 9.17) is 0 Å². The summed E-state index contributed by atoms with van der Waals surface area (Å²) in [6.07, 6.45) is 5.32. The van der Waals surface area contributed by atoms with Crippen molar-refractivity contribution in [3.05, 3.63) is 36.4 Å². The summed E-state index contributed by atoms with van der Waals surface area (Å²) in [5.74, 6) is -0.0983. The monoisotopic (exact) mass is 343 g/mol. The van der Waals surface area contributed by atoms with Gasteiger partial charge in [-0.3, -0.25) is 9.59 Å². The minimum absolute atomic E-state index is 0.0983. The van der Waals surface area contributed by atoms with Crippen LogP contribution in [0.5, 0.6) is 0 Å². The molecule has 2 aromatic rings. The van der Waals surface area contributed by atoms with E-state index >= 15 is 0 Å². The van der Waals surface area contributed by atoms with Gasteiger partial charge in [-0.1, -0.05) is 24.3 Å². The molecule has 25 heavy (non-hydrogen) atoms. The molecule has 3 rings (SSSR count). The van der Waals surface area contributed by atoms with Crippen LogP contribution in [0.3, 0.4) is 0 Å². The summed E-state index contributed by atoms with van der Waals surface area (Å²) in [7, 11) is 1.84. The molecule has 0 saturated carbocycles. The predicted molar refractivity (Wildman–Crippen MR) is 96.6 cm³/mol. The maximum atomic E-state index is 12.1. The molecule has 1 aliphatic rings. The predicted octanol–water partition coefficient (Wildman–Crippen LogP) is 1.79. The normalized spacial score (nSPS) is 16.2. The topological polar surface area (TPSA) is 80.1 Å². The highest BCUT2D eigenvalue weighted by Crippen LogP contribution is 2.16. The molecule has 0 bridgehead atoms. The first-order chi connectivity index (χ1) is 12.1. The van der Waals surface area contributed by atoms with Crippen LogP contribution in [-0.4, -0.2) is 44.8 Å². The lowest BCUT2D eigenvalue weighted by molar-refractivity contribution is -0.131. The van der Waals surface area contributed by atoms with Gasteiger partial charge in [0.25, 0.3) is 0 Å². The third-order valence-electron chi connectivity index (χ3n) is 4.16. The van der Waals surface area contributed by atoms with Crippen molar-refractivity contribution in [1.82, 2.24) is 25.2 Å². The van der Waals surface area contributed by atoms with E-state index in [0.29, 0.717) is 13.1 Å². The van der Waals surface area contributed by atoms with Crippen LogP contribution >= 0.6 is 0 Å². The quantitative estimate of drug-likeness (QED) is 0.663. The molecule has 1 atom stereocenters. The third kappa shape index (κ3) is 4.65. The van der Waals surface area contributed by atoms with Crippen molar-refractivity contribution in [2.75, 3.05) is 6.54 Å². The summed E-state index contributed by atoms with van der Waals surface area (Å²) in [6.45, 7) is 6.63. The number of hydrogen-bond donors (Lipinski definition) is 1. The molecule has 0 unspecified atom stereocenters. The van der Waals surface area contributed by atoms with Gasteiger partial charge in [-0.15, -0.1) is 11.7 Å². The molecule has 1 fully saturated rings. The Morgan fingerprint density at radius 3 is 2.92 bits per heavy atom. The highest BCUT2D eigenvalue weighted by molar-refractivity contribution is 5.84. The molecule has 0 radical (unpaired) electrons. The van der Waals surface area contributed by atoms with Crippen LogP contribution in [0, 0.1) is 0 Å². The number of amides is 2. The van der Waals surface area contributed by atoms with Crippen LogP contribution in [0.1, 0.15) is 31.7 Å². The standard InChI is InChI=1S/C14H17N5O2.C4H8/c1-18-12-5-4-10(7-11(12)16-17-18)8-15-14(21)13-3-2-6-19(13)9-20;1-3-4-2/h4-5,7,9,13H,2-3,6,8H2,1H3,(H,15,21);3H,1,4H2,2H3/t13-;/m0./s1. The largest absolute Gasteiger partial charge is 0.350 e. The van der Waals surface area contributed by atoms with E-state index in [1.165, 1.54) is 0 Å². The number of likely N-dealkylation sites (tertiary alicyclic amines) is 1. The molecule has 1 N–H and O–H groups in total. The Morgan fingerprint density at radius 2 is 2.24 bits per heavy atom. The van der Waals surface area contributed by atoms with E-state index in [1.807, 2.05) is 31.3 Å². The van der Waals surface area contributed by atoms with Crippen molar-refractivity contribution in [3.63, 3.8) is 0 Å². The maximum absolute atomic E-state index is 12.1.